The first-order valence-corrected chi connectivity index (χ1v) is 8.49. The first-order chi connectivity index (χ1) is 9.50. The van der Waals surface area contributed by atoms with Gasteiger partial charge in [0.2, 0.25) is 10.0 Å². The van der Waals surface area contributed by atoms with Gasteiger partial charge in [0.05, 0.1) is 11.5 Å². The van der Waals surface area contributed by atoms with E-state index in [-0.39, 0.29) is 10.9 Å². The average Bonchev–Trinajstić information content (AvgIpc) is 2.92. The minimum atomic E-state index is -3.65. The molecule has 2 rings (SSSR count). The van der Waals surface area contributed by atoms with Crippen molar-refractivity contribution in [2.24, 2.45) is 11.1 Å². The molecule has 0 unspecified atom stereocenters. The number of nitrogens with one attached hydrogen (secondary N) is 1. The molecule has 0 radical (unpaired) electrons. The molecule has 1 fully saturated rings. The molecule has 1 saturated heterocycles. The standard InChI is InChI=1S/C14H22N2O3S/c1-2-14(16-9-11-6-7-19-10-11)12-4-3-5-13(8-12)20(15,17)18/h3-5,8,11,14,16H,2,6-7,9-10H2,1H3,(H2,15,17,18)/t11-,14-/m1/s1. The zero-order valence-corrected chi connectivity index (χ0v) is 12.5. The first-order valence-electron chi connectivity index (χ1n) is 6.94. The van der Waals surface area contributed by atoms with Crippen molar-refractivity contribution >= 4 is 10.0 Å². The second-order valence-corrected chi connectivity index (χ2v) is 6.78. The molecule has 0 bridgehead atoms. The monoisotopic (exact) mass is 298 g/mol. The maximum atomic E-state index is 11.4. The van der Waals surface area contributed by atoms with Gasteiger partial charge in [-0.15, -0.1) is 0 Å². The molecule has 0 spiro atoms. The minimum absolute atomic E-state index is 0.136. The number of primary sulfonamides is 1. The van der Waals surface area contributed by atoms with Crippen molar-refractivity contribution in [3.8, 4) is 0 Å². The summed E-state index contributed by atoms with van der Waals surface area (Å²) >= 11 is 0. The summed E-state index contributed by atoms with van der Waals surface area (Å²) in [7, 11) is -3.65. The van der Waals surface area contributed by atoms with Gasteiger partial charge in [-0.3, -0.25) is 0 Å². The lowest BCUT2D eigenvalue weighted by Crippen LogP contribution is -2.27. The largest absolute Gasteiger partial charge is 0.381 e. The molecule has 0 aliphatic carbocycles. The molecule has 112 valence electrons. The third kappa shape index (κ3) is 4.02. The van der Waals surface area contributed by atoms with Crippen LogP contribution in [0, 0.1) is 5.92 Å². The molecule has 2 atom stereocenters. The van der Waals surface area contributed by atoms with Gasteiger partial charge < -0.3 is 10.1 Å². The SMILES string of the molecule is CC[C@@H](NC[C@H]1CCOC1)c1cccc(S(N)(=O)=O)c1. The number of sulfonamides is 1. The van der Waals surface area contributed by atoms with Crippen LogP contribution in [0.2, 0.25) is 0 Å². The van der Waals surface area contributed by atoms with Crippen LogP contribution in [0.4, 0.5) is 0 Å². The minimum Gasteiger partial charge on any atom is -0.381 e. The third-order valence-electron chi connectivity index (χ3n) is 3.67. The Kier molecular flexibility index (Phi) is 5.15. The van der Waals surface area contributed by atoms with Crippen molar-refractivity contribution in [1.29, 1.82) is 0 Å². The normalized spacial score (nSPS) is 21.0. The van der Waals surface area contributed by atoms with E-state index in [0.717, 1.165) is 38.2 Å². The van der Waals surface area contributed by atoms with E-state index in [2.05, 4.69) is 12.2 Å². The van der Waals surface area contributed by atoms with Crippen molar-refractivity contribution in [3.63, 3.8) is 0 Å². The number of ether oxygens (including phenoxy) is 1. The van der Waals surface area contributed by atoms with Gasteiger partial charge >= 0.3 is 0 Å². The maximum absolute atomic E-state index is 11.4. The fourth-order valence-electron chi connectivity index (χ4n) is 2.46. The quantitative estimate of drug-likeness (QED) is 0.832. The van der Waals surface area contributed by atoms with Crippen LogP contribution in [0.5, 0.6) is 0 Å². The smallest absolute Gasteiger partial charge is 0.238 e. The second kappa shape index (κ2) is 6.67. The van der Waals surface area contributed by atoms with E-state index in [4.69, 9.17) is 9.88 Å². The highest BCUT2D eigenvalue weighted by Gasteiger charge is 2.18. The highest BCUT2D eigenvalue weighted by atomic mass is 32.2. The number of hydrogen-bond acceptors (Lipinski definition) is 4. The summed E-state index contributed by atoms with van der Waals surface area (Å²) < 4.78 is 28.2. The van der Waals surface area contributed by atoms with Crippen LogP contribution in [0.15, 0.2) is 29.2 Å². The molecule has 1 aliphatic rings. The van der Waals surface area contributed by atoms with E-state index in [1.807, 2.05) is 6.07 Å². The molecule has 1 aromatic rings. The summed E-state index contributed by atoms with van der Waals surface area (Å²) in [5.74, 6) is 0.547. The number of hydrogen-bond donors (Lipinski definition) is 2. The van der Waals surface area contributed by atoms with E-state index in [9.17, 15) is 8.42 Å². The molecule has 20 heavy (non-hydrogen) atoms. The molecule has 1 aliphatic heterocycles. The van der Waals surface area contributed by atoms with Gasteiger partial charge in [0.15, 0.2) is 0 Å². The van der Waals surface area contributed by atoms with Crippen molar-refractivity contribution in [2.45, 2.75) is 30.7 Å². The fourth-order valence-corrected chi connectivity index (χ4v) is 3.03. The molecular weight excluding hydrogens is 276 g/mol. The van der Waals surface area contributed by atoms with Gasteiger partial charge in [-0.1, -0.05) is 19.1 Å². The van der Waals surface area contributed by atoms with Crippen LogP contribution in [0.25, 0.3) is 0 Å². The highest BCUT2D eigenvalue weighted by molar-refractivity contribution is 7.89. The van der Waals surface area contributed by atoms with E-state index in [1.165, 1.54) is 6.07 Å². The zero-order valence-electron chi connectivity index (χ0n) is 11.7. The number of rotatable bonds is 6. The van der Waals surface area contributed by atoms with Crippen LogP contribution < -0.4 is 10.5 Å². The molecule has 3 N–H and O–H groups in total. The van der Waals surface area contributed by atoms with Gasteiger partial charge in [0, 0.05) is 19.2 Å². The van der Waals surface area contributed by atoms with E-state index >= 15 is 0 Å². The van der Waals surface area contributed by atoms with E-state index in [0.29, 0.717) is 5.92 Å². The van der Waals surface area contributed by atoms with Gasteiger partial charge in [0.25, 0.3) is 0 Å². The van der Waals surface area contributed by atoms with Crippen LogP contribution in [0.1, 0.15) is 31.4 Å². The van der Waals surface area contributed by atoms with Gasteiger partial charge in [-0.05, 0) is 36.5 Å². The Morgan fingerprint density at radius 3 is 2.90 bits per heavy atom. The summed E-state index contributed by atoms with van der Waals surface area (Å²) in [5.41, 5.74) is 0.956. The fraction of sp³-hybridized carbons (Fsp3) is 0.571. The van der Waals surface area contributed by atoms with Crippen LogP contribution in [-0.2, 0) is 14.8 Å². The number of benzene rings is 1. The molecule has 5 nitrogen and oxygen atoms in total. The van der Waals surface area contributed by atoms with Crippen molar-refractivity contribution < 1.29 is 13.2 Å². The summed E-state index contributed by atoms with van der Waals surface area (Å²) in [6.07, 6.45) is 1.97. The van der Waals surface area contributed by atoms with Crippen molar-refractivity contribution in [2.75, 3.05) is 19.8 Å². The lowest BCUT2D eigenvalue weighted by molar-refractivity contribution is 0.184. The lowest BCUT2D eigenvalue weighted by atomic mass is 10.0. The zero-order chi connectivity index (χ0) is 14.6. The lowest BCUT2D eigenvalue weighted by Gasteiger charge is -2.20. The van der Waals surface area contributed by atoms with Gasteiger partial charge in [-0.25, -0.2) is 13.6 Å². The Labute approximate surface area is 120 Å². The topological polar surface area (TPSA) is 81.4 Å². The van der Waals surface area contributed by atoms with Crippen LogP contribution in [0.3, 0.4) is 0 Å². The van der Waals surface area contributed by atoms with E-state index < -0.39 is 10.0 Å². The Balaban J connectivity index is 2.06. The van der Waals surface area contributed by atoms with Crippen molar-refractivity contribution in [3.05, 3.63) is 29.8 Å². The van der Waals surface area contributed by atoms with Gasteiger partial charge in [-0.2, -0.15) is 0 Å². The summed E-state index contributed by atoms with van der Waals surface area (Å²) in [6, 6.07) is 6.98. The molecule has 0 saturated carbocycles. The predicted octanol–water partition coefficient (Wildman–Crippen LogP) is 1.41. The molecule has 1 heterocycles. The highest BCUT2D eigenvalue weighted by Crippen LogP contribution is 2.21. The van der Waals surface area contributed by atoms with Crippen LogP contribution >= 0.6 is 0 Å². The summed E-state index contributed by atoms with van der Waals surface area (Å²) in [5, 5.41) is 8.67. The Hall–Kier alpha value is -0.950. The molecule has 1 aromatic carbocycles. The predicted molar refractivity (Wildman–Crippen MR) is 77.8 cm³/mol. The number of nitrogens with two attached hydrogens (primary N) is 1. The Morgan fingerprint density at radius 2 is 2.30 bits per heavy atom. The van der Waals surface area contributed by atoms with E-state index in [1.54, 1.807) is 12.1 Å². The Morgan fingerprint density at radius 1 is 1.50 bits per heavy atom. The Bertz CT molecular complexity index is 539. The van der Waals surface area contributed by atoms with Crippen LogP contribution in [-0.4, -0.2) is 28.2 Å². The maximum Gasteiger partial charge on any atom is 0.238 e. The summed E-state index contributed by atoms with van der Waals surface area (Å²) in [6.45, 7) is 4.61. The first kappa shape index (κ1) is 15.4. The second-order valence-electron chi connectivity index (χ2n) is 5.22. The third-order valence-corrected chi connectivity index (χ3v) is 4.59. The molecule has 0 aromatic heterocycles. The summed E-state index contributed by atoms with van der Waals surface area (Å²) in [4.78, 5) is 0.166. The molecule has 6 heteroatoms. The molecular formula is C14H22N2O3S. The molecule has 0 amide bonds. The van der Waals surface area contributed by atoms with Gasteiger partial charge in [0.1, 0.15) is 0 Å². The van der Waals surface area contributed by atoms with Crippen molar-refractivity contribution in [1.82, 2.24) is 5.32 Å². The average molecular weight is 298 g/mol.